The SMILES string of the molecule is CCc1n[nH]c(=O)c(C(=O)NCCCN2CCNCC2)c1CC. The lowest BCUT2D eigenvalue weighted by Gasteiger charge is -2.27. The fourth-order valence-corrected chi connectivity index (χ4v) is 2.96. The number of aromatic amines is 1. The van der Waals surface area contributed by atoms with Gasteiger partial charge in [-0.05, 0) is 31.4 Å². The molecule has 0 atom stereocenters. The maximum Gasteiger partial charge on any atom is 0.277 e. The van der Waals surface area contributed by atoms with Crippen LogP contribution in [0.3, 0.4) is 0 Å². The minimum atomic E-state index is -0.404. The first kappa shape index (κ1) is 17.6. The number of carbonyl (C=O) groups excluding carboxylic acids is 1. The van der Waals surface area contributed by atoms with E-state index in [-0.39, 0.29) is 11.5 Å². The molecule has 3 N–H and O–H groups in total. The summed E-state index contributed by atoms with van der Waals surface area (Å²) in [6.45, 7) is 9.61. The molecule has 7 heteroatoms. The van der Waals surface area contributed by atoms with Crippen LogP contribution in [0.2, 0.25) is 0 Å². The van der Waals surface area contributed by atoms with Crippen molar-refractivity contribution in [2.45, 2.75) is 33.1 Å². The van der Waals surface area contributed by atoms with E-state index < -0.39 is 5.56 Å². The van der Waals surface area contributed by atoms with Crippen molar-refractivity contribution < 1.29 is 4.79 Å². The summed E-state index contributed by atoms with van der Waals surface area (Å²) in [6.07, 6.45) is 2.21. The van der Waals surface area contributed by atoms with E-state index in [4.69, 9.17) is 0 Å². The van der Waals surface area contributed by atoms with E-state index in [1.54, 1.807) is 0 Å². The number of aromatic nitrogens is 2. The van der Waals surface area contributed by atoms with E-state index in [1.165, 1.54) is 0 Å². The van der Waals surface area contributed by atoms with Crippen LogP contribution in [0.15, 0.2) is 4.79 Å². The normalized spacial score (nSPS) is 15.6. The lowest BCUT2D eigenvalue weighted by atomic mass is 10.0. The van der Waals surface area contributed by atoms with Gasteiger partial charge >= 0.3 is 0 Å². The van der Waals surface area contributed by atoms with Crippen LogP contribution in [0.1, 0.15) is 41.9 Å². The van der Waals surface area contributed by atoms with Crippen LogP contribution in [-0.4, -0.2) is 60.3 Å². The highest BCUT2D eigenvalue weighted by molar-refractivity contribution is 5.95. The van der Waals surface area contributed by atoms with E-state index in [0.29, 0.717) is 19.4 Å². The summed E-state index contributed by atoms with van der Waals surface area (Å²) in [5.74, 6) is -0.291. The van der Waals surface area contributed by atoms with Gasteiger partial charge in [-0.2, -0.15) is 5.10 Å². The molecule has 0 saturated carbocycles. The molecule has 128 valence electrons. The smallest absolute Gasteiger partial charge is 0.277 e. The molecular weight excluding hydrogens is 294 g/mol. The van der Waals surface area contributed by atoms with Crippen LogP contribution in [0, 0.1) is 0 Å². The number of carbonyl (C=O) groups is 1. The van der Waals surface area contributed by atoms with Gasteiger partial charge in [0, 0.05) is 32.7 Å². The summed E-state index contributed by atoms with van der Waals surface area (Å²) in [5.41, 5.74) is 1.37. The predicted molar refractivity (Wildman–Crippen MR) is 89.9 cm³/mol. The van der Waals surface area contributed by atoms with Gasteiger partial charge < -0.3 is 15.5 Å². The number of amides is 1. The molecule has 2 rings (SSSR count). The Morgan fingerprint density at radius 1 is 1.26 bits per heavy atom. The molecule has 1 saturated heterocycles. The van der Waals surface area contributed by atoms with E-state index in [0.717, 1.165) is 50.4 Å². The number of nitrogens with zero attached hydrogens (tertiary/aromatic N) is 2. The van der Waals surface area contributed by atoms with Crippen molar-refractivity contribution in [3.05, 3.63) is 27.2 Å². The first-order valence-electron chi connectivity index (χ1n) is 8.49. The summed E-state index contributed by atoms with van der Waals surface area (Å²) in [7, 11) is 0. The summed E-state index contributed by atoms with van der Waals surface area (Å²) >= 11 is 0. The second-order valence-corrected chi connectivity index (χ2v) is 5.76. The molecule has 1 amide bonds. The van der Waals surface area contributed by atoms with Crippen LogP contribution in [-0.2, 0) is 12.8 Å². The van der Waals surface area contributed by atoms with Crippen molar-refractivity contribution in [1.82, 2.24) is 25.7 Å². The Balaban J connectivity index is 1.91. The summed E-state index contributed by atoms with van der Waals surface area (Å²) in [6, 6.07) is 0. The number of hydrogen-bond acceptors (Lipinski definition) is 5. The van der Waals surface area contributed by atoms with E-state index >= 15 is 0 Å². The fourth-order valence-electron chi connectivity index (χ4n) is 2.96. The zero-order chi connectivity index (χ0) is 16.7. The molecule has 1 aromatic rings. The van der Waals surface area contributed by atoms with Crippen LogP contribution in [0.5, 0.6) is 0 Å². The highest BCUT2D eigenvalue weighted by Gasteiger charge is 2.18. The molecule has 1 aliphatic heterocycles. The van der Waals surface area contributed by atoms with Crippen LogP contribution < -0.4 is 16.2 Å². The monoisotopic (exact) mass is 321 g/mol. The summed E-state index contributed by atoms with van der Waals surface area (Å²) < 4.78 is 0. The quantitative estimate of drug-likeness (QED) is 0.611. The minimum absolute atomic E-state index is 0.224. The Morgan fingerprint density at radius 2 is 2.00 bits per heavy atom. The van der Waals surface area contributed by atoms with E-state index in [1.807, 2.05) is 13.8 Å². The zero-order valence-electron chi connectivity index (χ0n) is 14.1. The second kappa shape index (κ2) is 8.79. The topological polar surface area (TPSA) is 90.1 Å². The first-order valence-corrected chi connectivity index (χ1v) is 8.49. The van der Waals surface area contributed by atoms with Crippen LogP contribution in [0.4, 0.5) is 0 Å². The molecular formula is C16H27N5O2. The predicted octanol–water partition coefficient (Wildman–Crippen LogP) is -0.0802. The number of rotatable bonds is 7. The number of H-pyrrole nitrogens is 1. The Labute approximate surface area is 136 Å². The zero-order valence-corrected chi connectivity index (χ0v) is 14.1. The molecule has 0 unspecified atom stereocenters. The van der Waals surface area contributed by atoms with Gasteiger partial charge in [0.05, 0.1) is 5.69 Å². The molecule has 0 aromatic carbocycles. The van der Waals surface area contributed by atoms with Crippen molar-refractivity contribution >= 4 is 5.91 Å². The summed E-state index contributed by atoms with van der Waals surface area (Å²) in [5, 5.41) is 12.7. The molecule has 7 nitrogen and oxygen atoms in total. The van der Waals surface area contributed by atoms with Crippen molar-refractivity contribution in [1.29, 1.82) is 0 Å². The molecule has 0 aliphatic carbocycles. The van der Waals surface area contributed by atoms with Crippen LogP contribution >= 0.6 is 0 Å². The number of piperazine rings is 1. The number of hydrogen-bond donors (Lipinski definition) is 3. The molecule has 0 bridgehead atoms. The van der Waals surface area contributed by atoms with Gasteiger partial charge in [0.25, 0.3) is 11.5 Å². The van der Waals surface area contributed by atoms with Crippen molar-refractivity contribution in [3.63, 3.8) is 0 Å². The van der Waals surface area contributed by atoms with Crippen molar-refractivity contribution in [2.24, 2.45) is 0 Å². The maximum atomic E-state index is 12.4. The van der Waals surface area contributed by atoms with Gasteiger partial charge in [0.15, 0.2) is 0 Å². The minimum Gasteiger partial charge on any atom is -0.352 e. The third kappa shape index (κ3) is 4.62. The lowest BCUT2D eigenvalue weighted by Crippen LogP contribution is -2.44. The Bertz CT molecular complexity index is 578. The summed E-state index contributed by atoms with van der Waals surface area (Å²) in [4.78, 5) is 26.8. The van der Waals surface area contributed by atoms with Gasteiger partial charge in [0.1, 0.15) is 5.56 Å². The first-order chi connectivity index (χ1) is 11.2. The van der Waals surface area contributed by atoms with Gasteiger partial charge in [-0.3, -0.25) is 9.59 Å². The van der Waals surface area contributed by atoms with Crippen LogP contribution in [0.25, 0.3) is 0 Å². The average molecular weight is 321 g/mol. The van der Waals surface area contributed by atoms with Crippen molar-refractivity contribution in [3.8, 4) is 0 Å². The molecule has 2 heterocycles. The Hall–Kier alpha value is -1.73. The molecule has 1 aromatic heterocycles. The average Bonchev–Trinajstić information content (AvgIpc) is 2.59. The molecule has 0 spiro atoms. The molecule has 1 fully saturated rings. The lowest BCUT2D eigenvalue weighted by molar-refractivity contribution is 0.0948. The Kier molecular flexibility index (Phi) is 6.73. The molecule has 1 aliphatic rings. The highest BCUT2D eigenvalue weighted by atomic mass is 16.2. The Morgan fingerprint density at radius 3 is 2.65 bits per heavy atom. The third-order valence-corrected chi connectivity index (χ3v) is 4.23. The van der Waals surface area contributed by atoms with Gasteiger partial charge in [0.2, 0.25) is 0 Å². The fraction of sp³-hybridized carbons (Fsp3) is 0.688. The number of aryl methyl sites for hydroxylation is 1. The largest absolute Gasteiger partial charge is 0.352 e. The van der Waals surface area contributed by atoms with Gasteiger partial charge in [-0.25, -0.2) is 5.10 Å². The van der Waals surface area contributed by atoms with E-state index in [2.05, 4.69) is 25.7 Å². The van der Waals surface area contributed by atoms with E-state index in [9.17, 15) is 9.59 Å². The highest BCUT2D eigenvalue weighted by Crippen LogP contribution is 2.10. The van der Waals surface area contributed by atoms with Gasteiger partial charge in [-0.1, -0.05) is 13.8 Å². The van der Waals surface area contributed by atoms with Gasteiger partial charge in [-0.15, -0.1) is 0 Å². The molecule has 0 radical (unpaired) electrons. The maximum absolute atomic E-state index is 12.4. The van der Waals surface area contributed by atoms with Crippen molar-refractivity contribution in [2.75, 3.05) is 39.3 Å². The number of nitrogens with one attached hydrogen (secondary N) is 3. The molecule has 23 heavy (non-hydrogen) atoms. The second-order valence-electron chi connectivity index (χ2n) is 5.76. The standard InChI is InChI=1S/C16H27N5O2/c1-3-12-13(4-2)19-20-16(23)14(12)15(22)18-6-5-9-21-10-7-17-8-11-21/h17H,3-11H2,1-2H3,(H,18,22)(H,20,23). The third-order valence-electron chi connectivity index (χ3n) is 4.23.